The zero-order valence-electron chi connectivity index (χ0n) is 18.6. The van der Waals surface area contributed by atoms with E-state index in [1.165, 1.54) is 64.8 Å². The van der Waals surface area contributed by atoms with Gasteiger partial charge in [-0.1, -0.05) is 64.8 Å². The third-order valence-electron chi connectivity index (χ3n) is 0. The molecule has 0 aliphatic heterocycles. The van der Waals surface area contributed by atoms with Gasteiger partial charge in [-0.25, -0.2) is 63.1 Å². The number of rotatable bonds is 0. The van der Waals surface area contributed by atoms with Gasteiger partial charge in [0.1, 0.15) is 0 Å². The number of hydrogen-bond donors (Lipinski definition) is 0. The van der Waals surface area contributed by atoms with E-state index in [0.717, 1.165) is 0 Å². The van der Waals surface area contributed by atoms with Gasteiger partial charge in [0, 0.05) is 0 Å². The Hall–Kier alpha value is -2.54. The first-order chi connectivity index (χ1) is 17.0. The number of thiocyanates is 12. The predicted molar refractivity (Wildman–Crippen MR) is 167 cm³/mol. The smallest absolute Gasteiger partial charge is 0.696 e. The standard InChI is InChI=1S/12CHNS.2Cr.3H2O/c12*2-1-3;;;;;/h12*3H;;;3*1H2/q;;;;;;;;;;;;2*+6;;;/p-12. The van der Waals surface area contributed by atoms with E-state index in [1.54, 1.807) is 0 Å². The van der Waals surface area contributed by atoms with Gasteiger partial charge >= 0.3 is 34.7 Å². The van der Waals surface area contributed by atoms with Crippen molar-refractivity contribution in [1.29, 1.82) is 63.1 Å². The fourth-order valence-corrected chi connectivity index (χ4v) is 0. The Morgan fingerprint density at radius 3 is 0.195 bits per heavy atom. The van der Waals surface area contributed by atoms with Crippen LogP contribution in [0.1, 0.15) is 0 Å². The summed E-state index contributed by atoms with van der Waals surface area (Å²) in [6.45, 7) is 0. The summed E-state index contributed by atoms with van der Waals surface area (Å²) in [5.41, 5.74) is 0. The average Bonchev–Trinajstić information content (AvgIpc) is 2.75. The average molecular weight is 855 g/mol. The quantitative estimate of drug-likeness (QED) is 0.182. The molecule has 0 saturated carbocycles. The van der Waals surface area contributed by atoms with Crippen molar-refractivity contribution in [3.63, 3.8) is 0 Å². The van der Waals surface area contributed by atoms with Crippen LogP contribution in [-0.2, 0) is 186 Å². The van der Waals surface area contributed by atoms with Gasteiger partial charge in [-0.15, -0.1) is 0 Å². The Labute approximate surface area is 327 Å². The Morgan fingerprint density at radius 1 is 0.195 bits per heavy atom. The second-order valence-corrected chi connectivity index (χ2v) is 3.29. The number of nitriles is 12. The first-order valence-electron chi connectivity index (χ1n) is 5.13. The maximum atomic E-state index is 7.13. The molecule has 0 bridgehead atoms. The summed E-state index contributed by atoms with van der Waals surface area (Å²) in [5.74, 6) is 0. The SMILES string of the molecule is N#C[S-].N#C[S-].N#C[S-].N#C[S-].N#C[S-].N#C[S-].N#C[S-].N#C[S-].N#C[S-].N#C[S-].N#C[S-].N#C[S-].O.O.O.[Cr+6].[Cr+6]. The second-order valence-electron chi connectivity index (χ2n) is 1.10. The van der Waals surface area contributed by atoms with Crippen LogP contribution in [0.2, 0.25) is 0 Å². The van der Waals surface area contributed by atoms with Crippen molar-refractivity contribution in [2.24, 2.45) is 0 Å². The van der Waals surface area contributed by atoms with E-state index in [4.69, 9.17) is 63.1 Å². The van der Waals surface area contributed by atoms with Crippen LogP contribution >= 0.6 is 0 Å². The van der Waals surface area contributed by atoms with Crippen LogP contribution < -0.4 is 0 Å². The Morgan fingerprint density at radius 2 is 0.195 bits per heavy atom. The molecule has 0 aliphatic rings. The van der Waals surface area contributed by atoms with Gasteiger partial charge in [-0.05, 0) is 0 Å². The Kier molecular flexibility index (Phi) is 1590. The molecule has 0 amide bonds. The molecule has 216 valence electrons. The summed E-state index contributed by atoms with van der Waals surface area (Å²) in [5, 5.41) is 102. The number of hydrogen-bond acceptors (Lipinski definition) is 24. The fraction of sp³-hybridized carbons (Fsp3) is 0. The molecule has 0 radical (unpaired) electrons. The third kappa shape index (κ3) is 7330. The van der Waals surface area contributed by atoms with Crippen LogP contribution in [0.25, 0.3) is 0 Å². The van der Waals surface area contributed by atoms with Crippen LogP contribution in [0.4, 0.5) is 0 Å². The van der Waals surface area contributed by atoms with Gasteiger partial charge < -0.3 is 168 Å². The van der Waals surface area contributed by atoms with Crippen LogP contribution in [0.3, 0.4) is 0 Å². The minimum absolute atomic E-state index is 0. The van der Waals surface area contributed by atoms with E-state index in [0.29, 0.717) is 0 Å². The first-order valence-corrected chi connectivity index (χ1v) is 10.0. The molecule has 15 nitrogen and oxygen atoms in total. The summed E-state index contributed by atoms with van der Waals surface area (Å²) in [6, 6.07) is 0. The summed E-state index contributed by atoms with van der Waals surface area (Å²) < 4.78 is 0. The minimum Gasteiger partial charge on any atom is -0.696 e. The molecular formula is C12H6Cr2N12O3S12. The Balaban J connectivity index is -0.0000000101. The molecule has 0 saturated heterocycles. The second kappa shape index (κ2) is 556. The molecule has 0 rings (SSSR count). The molecule has 29 heteroatoms. The molecule has 0 heterocycles. The van der Waals surface area contributed by atoms with E-state index in [9.17, 15) is 0 Å². The maximum absolute atomic E-state index is 7.13. The molecule has 0 aliphatic carbocycles. The fourth-order valence-electron chi connectivity index (χ4n) is 0. The van der Waals surface area contributed by atoms with Crippen LogP contribution in [-0.4, -0.2) is 16.4 Å². The normalized spacial score (nSPS) is 2.05. The van der Waals surface area contributed by atoms with Crippen molar-refractivity contribution in [3.05, 3.63) is 0 Å². The van der Waals surface area contributed by atoms with E-state index in [1.807, 2.05) is 0 Å². The molecule has 0 unspecified atom stereocenters. The molecule has 0 aromatic rings. The van der Waals surface area contributed by atoms with E-state index in [2.05, 4.69) is 152 Å². The zero-order valence-corrected chi connectivity index (χ0v) is 30.9. The van der Waals surface area contributed by atoms with E-state index >= 15 is 0 Å². The molecule has 6 N–H and O–H groups in total. The monoisotopic (exact) mass is 854 g/mol. The Bertz CT molecular complexity index is 600. The van der Waals surface area contributed by atoms with Crippen molar-refractivity contribution in [3.8, 4) is 64.8 Å². The summed E-state index contributed by atoms with van der Waals surface area (Å²) in [7, 11) is 0. The van der Waals surface area contributed by atoms with Gasteiger partial charge in [0.05, 0.1) is 0 Å². The van der Waals surface area contributed by atoms with Gasteiger partial charge in [-0.2, -0.15) is 0 Å². The predicted octanol–water partition coefficient (Wildman–Crippen LogP) is -2.31. The summed E-state index contributed by atoms with van der Waals surface area (Å²) >= 11 is 44.4. The van der Waals surface area contributed by atoms with Crippen LogP contribution in [0.5, 0.6) is 0 Å². The topological polar surface area (TPSA) is 380 Å². The van der Waals surface area contributed by atoms with E-state index in [-0.39, 0.29) is 51.2 Å². The number of nitrogens with zero attached hydrogens (tertiary/aromatic N) is 12. The third-order valence-corrected chi connectivity index (χ3v) is 0. The van der Waals surface area contributed by atoms with Crippen molar-refractivity contribution >= 4 is 152 Å². The maximum Gasteiger partial charge on any atom is 6.00 e. The van der Waals surface area contributed by atoms with Gasteiger partial charge in [0.15, 0.2) is 0 Å². The molecule has 0 fully saturated rings. The zero-order chi connectivity index (χ0) is 32.5. The van der Waals surface area contributed by atoms with E-state index < -0.39 is 0 Å². The molecule has 41 heavy (non-hydrogen) atoms. The molecular weight excluding hydrogens is 849 g/mol. The van der Waals surface area contributed by atoms with Gasteiger partial charge in [0.25, 0.3) is 0 Å². The summed E-state index contributed by atoms with van der Waals surface area (Å²) in [6.07, 6.45) is 0. The largest absolute Gasteiger partial charge is 6.00 e. The van der Waals surface area contributed by atoms with Crippen LogP contribution in [0.15, 0.2) is 0 Å². The van der Waals surface area contributed by atoms with Gasteiger partial charge in [0.2, 0.25) is 0 Å². The molecule has 0 spiro atoms. The van der Waals surface area contributed by atoms with Crippen molar-refractivity contribution in [1.82, 2.24) is 0 Å². The van der Waals surface area contributed by atoms with Crippen molar-refractivity contribution < 1.29 is 51.2 Å². The molecule has 0 aromatic heterocycles. The first kappa shape index (κ1) is 117. The van der Waals surface area contributed by atoms with Crippen molar-refractivity contribution in [2.75, 3.05) is 0 Å². The van der Waals surface area contributed by atoms with Gasteiger partial charge in [-0.3, -0.25) is 0 Å². The molecule has 0 aromatic carbocycles. The van der Waals surface area contributed by atoms with Crippen molar-refractivity contribution in [2.45, 2.75) is 0 Å². The minimum atomic E-state index is 0. The van der Waals surface area contributed by atoms with Crippen LogP contribution in [0, 0.1) is 128 Å². The summed E-state index contributed by atoms with van der Waals surface area (Å²) in [4.78, 5) is 0. The molecule has 0 atom stereocenters.